The molecule has 0 amide bonds. The molecule has 1 aliphatic carbocycles. The average molecular weight is 310 g/mol. The van der Waals surface area contributed by atoms with Crippen LogP contribution in [0, 0.1) is 0 Å². The van der Waals surface area contributed by atoms with Gasteiger partial charge in [-0.15, -0.1) is 12.4 Å². The minimum Gasteiger partial charge on any atom is -0.497 e. The second-order valence-corrected chi connectivity index (χ2v) is 5.34. The summed E-state index contributed by atoms with van der Waals surface area (Å²) in [7, 11) is 1.65. The summed E-state index contributed by atoms with van der Waals surface area (Å²) >= 11 is 0. The second kappa shape index (κ2) is 6.45. The van der Waals surface area contributed by atoms with E-state index in [0.29, 0.717) is 18.3 Å². The van der Waals surface area contributed by atoms with Crippen LogP contribution in [0.25, 0.3) is 11.4 Å². The van der Waals surface area contributed by atoms with Crippen molar-refractivity contribution in [3.63, 3.8) is 0 Å². The van der Waals surface area contributed by atoms with Crippen molar-refractivity contribution in [2.45, 2.75) is 31.1 Å². The van der Waals surface area contributed by atoms with E-state index in [4.69, 9.17) is 15.0 Å². The van der Waals surface area contributed by atoms with E-state index in [1.54, 1.807) is 7.11 Å². The number of aromatic nitrogens is 2. The number of rotatable bonds is 4. The molecular formula is C15H20ClN3O2. The summed E-state index contributed by atoms with van der Waals surface area (Å²) in [6, 6.07) is 7.63. The number of nitrogens with zero attached hydrogens (tertiary/aromatic N) is 2. The minimum atomic E-state index is -0.113. The SMILES string of the molecule is COc1ccc(-c2noc(C3(CN)CCCC3)n2)cc1.Cl. The predicted molar refractivity (Wildman–Crippen MR) is 82.7 cm³/mol. The number of nitrogens with two attached hydrogens (primary N) is 1. The first-order chi connectivity index (χ1) is 9.77. The fourth-order valence-electron chi connectivity index (χ4n) is 2.85. The lowest BCUT2D eigenvalue weighted by molar-refractivity contribution is 0.284. The Morgan fingerprint density at radius 2 is 1.90 bits per heavy atom. The van der Waals surface area contributed by atoms with Gasteiger partial charge in [-0.05, 0) is 37.1 Å². The predicted octanol–water partition coefficient (Wildman–Crippen LogP) is 2.94. The summed E-state index contributed by atoms with van der Waals surface area (Å²) < 4.78 is 10.6. The molecule has 1 heterocycles. The van der Waals surface area contributed by atoms with Crippen LogP contribution in [0.4, 0.5) is 0 Å². The molecule has 6 heteroatoms. The highest BCUT2D eigenvalue weighted by molar-refractivity contribution is 5.85. The molecule has 0 bridgehead atoms. The van der Waals surface area contributed by atoms with Crippen molar-refractivity contribution in [3.8, 4) is 17.1 Å². The van der Waals surface area contributed by atoms with Gasteiger partial charge in [0.1, 0.15) is 5.75 Å². The van der Waals surface area contributed by atoms with Gasteiger partial charge in [-0.1, -0.05) is 18.0 Å². The Morgan fingerprint density at radius 3 is 2.48 bits per heavy atom. The maximum Gasteiger partial charge on any atom is 0.234 e. The summed E-state index contributed by atoms with van der Waals surface area (Å²) in [5.74, 6) is 2.11. The molecule has 0 radical (unpaired) electrons. The maximum atomic E-state index is 5.94. The molecule has 1 saturated carbocycles. The highest BCUT2D eigenvalue weighted by Crippen LogP contribution is 2.39. The van der Waals surface area contributed by atoms with Gasteiger partial charge in [0.25, 0.3) is 0 Å². The van der Waals surface area contributed by atoms with Gasteiger partial charge < -0.3 is 15.0 Å². The van der Waals surface area contributed by atoms with Crippen molar-refractivity contribution in [1.82, 2.24) is 10.1 Å². The topological polar surface area (TPSA) is 74.2 Å². The quantitative estimate of drug-likeness (QED) is 0.940. The molecule has 1 aliphatic rings. The van der Waals surface area contributed by atoms with E-state index in [1.165, 1.54) is 12.8 Å². The Morgan fingerprint density at radius 1 is 1.24 bits per heavy atom. The summed E-state index contributed by atoms with van der Waals surface area (Å²) in [5.41, 5.74) is 6.75. The van der Waals surface area contributed by atoms with Gasteiger partial charge >= 0.3 is 0 Å². The zero-order chi connectivity index (χ0) is 14.0. The van der Waals surface area contributed by atoms with Gasteiger partial charge in [-0.25, -0.2) is 0 Å². The maximum absolute atomic E-state index is 5.94. The van der Waals surface area contributed by atoms with Crippen molar-refractivity contribution < 1.29 is 9.26 Å². The fraction of sp³-hybridized carbons (Fsp3) is 0.467. The number of benzene rings is 1. The molecule has 114 valence electrons. The molecule has 0 saturated heterocycles. The molecule has 1 fully saturated rings. The first-order valence-corrected chi connectivity index (χ1v) is 6.96. The molecule has 2 N–H and O–H groups in total. The smallest absolute Gasteiger partial charge is 0.234 e. The lowest BCUT2D eigenvalue weighted by atomic mass is 9.86. The monoisotopic (exact) mass is 309 g/mol. The van der Waals surface area contributed by atoms with E-state index in [9.17, 15) is 0 Å². The molecule has 5 nitrogen and oxygen atoms in total. The zero-order valence-corrected chi connectivity index (χ0v) is 12.9. The van der Waals surface area contributed by atoms with Gasteiger partial charge in [0.15, 0.2) is 0 Å². The van der Waals surface area contributed by atoms with Crippen LogP contribution in [-0.2, 0) is 5.41 Å². The normalized spacial score (nSPS) is 16.5. The number of halogens is 1. The molecular weight excluding hydrogens is 290 g/mol. The number of hydrogen-bond acceptors (Lipinski definition) is 5. The Labute approximate surface area is 130 Å². The van der Waals surface area contributed by atoms with Crippen LogP contribution in [0.2, 0.25) is 0 Å². The van der Waals surface area contributed by atoms with Crippen molar-refractivity contribution >= 4 is 12.4 Å². The van der Waals surface area contributed by atoms with Gasteiger partial charge in [0, 0.05) is 12.1 Å². The molecule has 0 aliphatic heterocycles. The van der Waals surface area contributed by atoms with Crippen LogP contribution in [0.1, 0.15) is 31.6 Å². The van der Waals surface area contributed by atoms with Gasteiger partial charge in [-0.2, -0.15) is 4.98 Å². The van der Waals surface area contributed by atoms with E-state index in [0.717, 1.165) is 24.2 Å². The average Bonchev–Trinajstić information content (AvgIpc) is 3.17. The summed E-state index contributed by atoms with van der Waals surface area (Å²) in [5, 5.41) is 4.10. The number of ether oxygens (including phenoxy) is 1. The Bertz CT molecular complexity index is 577. The largest absolute Gasteiger partial charge is 0.497 e. The fourth-order valence-corrected chi connectivity index (χ4v) is 2.85. The van der Waals surface area contributed by atoms with Crippen molar-refractivity contribution in [3.05, 3.63) is 30.2 Å². The summed E-state index contributed by atoms with van der Waals surface area (Å²) in [6.07, 6.45) is 4.43. The summed E-state index contributed by atoms with van der Waals surface area (Å²) in [6.45, 7) is 0.567. The van der Waals surface area contributed by atoms with E-state index >= 15 is 0 Å². The van der Waals surface area contributed by atoms with Gasteiger partial charge in [0.05, 0.1) is 12.5 Å². The van der Waals surface area contributed by atoms with E-state index in [2.05, 4.69) is 10.1 Å². The van der Waals surface area contributed by atoms with Crippen molar-refractivity contribution in [1.29, 1.82) is 0 Å². The molecule has 0 spiro atoms. The van der Waals surface area contributed by atoms with Crippen LogP contribution in [0.3, 0.4) is 0 Å². The molecule has 1 aromatic heterocycles. The molecule has 3 rings (SSSR count). The lowest BCUT2D eigenvalue weighted by Gasteiger charge is -2.21. The Balaban J connectivity index is 0.00000161. The van der Waals surface area contributed by atoms with E-state index < -0.39 is 0 Å². The van der Waals surface area contributed by atoms with Gasteiger partial charge in [-0.3, -0.25) is 0 Å². The second-order valence-electron chi connectivity index (χ2n) is 5.34. The van der Waals surface area contributed by atoms with Crippen LogP contribution in [0.5, 0.6) is 5.75 Å². The third-order valence-electron chi connectivity index (χ3n) is 4.18. The number of methoxy groups -OCH3 is 1. The van der Waals surface area contributed by atoms with Crippen LogP contribution in [0.15, 0.2) is 28.8 Å². The third kappa shape index (κ3) is 2.89. The van der Waals surface area contributed by atoms with Crippen molar-refractivity contribution in [2.75, 3.05) is 13.7 Å². The highest BCUT2D eigenvalue weighted by atomic mass is 35.5. The highest BCUT2D eigenvalue weighted by Gasteiger charge is 2.39. The molecule has 2 aromatic rings. The lowest BCUT2D eigenvalue weighted by Crippen LogP contribution is -2.32. The van der Waals surface area contributed by atoms with E-state index in [1.807, 2.05) is 24.3 Å². The Kier molecular flexibility index (Phi) is 4.85. The molecule has 21 heavy (non-hydrogen) atoms. The first kappa shape index (κ1) is 15.8. The van der Waals surface area contributed by atoms with Crippen LogP contribution < -0.4 is 10.5 Å². The standard InChI is InChI=1S/C15H19N3O2.ClH/c1-19-12-6-4-11(5-7-12)13-17-14(20-18-13)15(10-16)8-2-3-9-15;/h4-7H,2-3,8-10,16H2,1H3;1H. The van der Waals surface area contributed by atoms with Gasteiger partial charge in [0.2, 0.25) is 11.7 Å². The first-order valence-electron chi connectivity index (χ1n) is 6.96. The molecule has 1 aromatic carbocycles. The number of hydrogen-bond donors (Lipinski definition) is 1. The van der Waals surface area contributed by atoms with Crippen LogP contribution >= 0.6 is 12.4 Å². The minimum absolute atomic E-state index is 0. The summed E-state index contributed by atoms with van der Waals surface area (Å²) in [4.78, 5) is 4.56. The Hall–Kier alpha value is -1.59. The van der Waals surface area contributed by atoms with Crippen molar-refractivity contribution in [2.24, 2.45) is 5.73 Å². The van der Waals surface area contributed by atoms with E-state index in [-0.39, 0.29) is 17.8 Å². The third-order valence-corrected chi connectivity index (χ3v) is 4.18. The molecule has 0 atom stereocenters. The molecule has 0 unspecified atom stereocenters. The zero-order valence-electron chi connectivity index (χ0n) is 12.0. The van der Waals surface area contributed by atoms with Crippen LogP contribution in [-0.4, -0.2) is 23.8 Å².